The molecule has 0 amide bonds. The number of aromatic nitrogens is 2. The Morgan fingerprint density at radius 1 is 1.21 bits per heavy atom. The van der Waals surface area contributed by atoms with Crippen LogP contribution in [-0.4, -0.2) is 9.78 Å². The summed E-state index contributed by atoms with van der Waals surface area (Å²) >= 11 is 0. The molecule has 1 heterocycles. The highest BCUT2D eigenvalue weighted by Gasteiger charge is 2.16. The van der Waals surface area contributed by atoms with E-state index in [0.717, 1.165) is 11.4 Å². The van der Waals surface area contributed by atoms with Crippen LogP contribution in [0.5, 0.6) is 0 Å². The van der Waals surface area contributed by atoms with Gasteiger partial charge in [0.25, 0.3) is 0 Å². The lowest BCUT2D eigenvalue weighted by atomic mass is 9.85. The second-order valence-electron chi connectivity index (χ2n) is 6.13. The van der Waals surface area contributed by atoms with Crippen molar-refractivity contribution in [2.75, 3.05) is 0 Å². The van der Waals surface area contributed by atoms with Gasteiger partial charge in [0, 0.05) is 19.2 Å². The van der Waals surface area contributed by atoms with Crippen molar-refractivity contribution in [1.82, 2.24) is 9.78 Å². The summed E-state index contributed by atoms with van der Waals surface area (Å²) in [5, 5.41) is 4.54. The fourth-order valence-corrected chi connectivity index (χ4v) is 2.25. The van der Waals surface area contributed by atoms with E-state index in [2.05, 4.69) is 57.1 Å². The largest absolute Gasteiger partial charge is 0.325 e. The van der Waals surface area contributed by atoms with Crippen LogP contribution in [0.2, 0.25) is 0 Å². The molecule has 0 spiro atoms. The molecule has 2 rings (SSSR count). The summed E-state index contributed by atoms with van der Waals surface area (Å²) in [5.74, 6) is 0. The molecule has 0 unspecified atom stereocenters. The van der Waals surface area contributed by atoms with Crippen LogP contribution in [0.3, 0.4) is 0 Å². The number of nitrogens with zero attached hydrogens (tertiary/aromatic N) is 2. The van der Waals surface area contributed by atoms with Gasteiger partial charge >= 0.3 is 0 Å². The van der Waals surface area contributed by atoms with Crippen LogP contribution in [0.25, 0.3) is 11.3 Å². The average Bonchev–Trinajstić information content (AvgIpc) is 2.69. The molecule has 0 saturated heterocycles. The van der Waals surface area contributed by atoms with E-state index in [4.69, 9.17) is 5.73 Å². The van der Waals surface area contributed by atoms with E-state index in [-0.39, 0.29) is 5.41 Å². The second kappa shape index (κ2) is 4.82. The molecule has 3 heteroatoms. The third-order valence-electron chi connectivity index (χ3n) is 3.55. The molecule has 102 valence electrons. The highest BCUT2D eigenvalue weighted by Crippen LogP contribution is 2.29. The molecule has 0 aliphatic rings. The van der Waals surface area contributed by atoms with Crippen molar-refractivity contribution in [3.8, 4) is 11.3 Å². The van der Waals surface area contributed by atoms with Crippen LogP contribution in [0.1, 0.15) is 37.6 Å². The highest BCUT2D eigenvalue weighted by molar-refractivity contribution is 5.64. The van der Waals surface area contributed by atoms with Crippen molar-refractivity contribution < 1.29 is 0 Å². The molecule has 0 bridgehead atoms. The van der Waals surface area contributed by atoms with E-state index >= 15 is 0 Å². The van der Waals surface area contributed by atoms with Gasteiger partial charge in [0.2, 0.25) is 0 Å². The fraction of sp³-hybridized carbons (Fsp3) is 0.438. The first-order chi connectivity index (χ1) is 8.82. The molecule has 1 aromatic carbocycles. The van der Waals surface area contributed by atoms with Crippen LogP contribution in [0.4, 0.5) is 0 Å². The van der Waals surface area contributed by atoms with Crippen molar-refractivity contribution in [3.05, 3.63) is 41.1 Å². The number of rotatable bonds is 2. The smallest absolute Gasteiger partial charge is 0.0929 e. The van der Waals surface area contributed by atoms with Crippen molar-refractivity contribution in [2.24, 2.45) is 12.8 Å². The first-order valence-corrected chi connectivity index (χ1v) is 6.67. The standard InChI is InChI=1S/C16H23N3/c1-11-8-12(16(2,3)4)6-7-14(11)15-9-13(10-17)19(5)18-15/h6-9H,10,17H2,1-5H3. The van der Waals surface area contributed by atoms with Gasteiger partial charge in [-0.25, -0.2) is 0 Å². The van der Waals surface area contributed by atoms with Gasteiger partial charge in [0.05, 0.1) is 11.4 Å². The normalized spacial score (nSPS) is 11.9. The van der Waals surface area contributed by atoms with E-state index in [9.17, 15) is 0 Å². The maximum Gasteiger partial charge on any atom is 0.0929 e. The molecule has 19 heavy (non-hydrogen) atoms. The molecule has 2 N–H and O–H groups in total. The molecule has 3 nitrogen and oxygen atoms in total. The minimum Gasteiger partial charge on any atom is -0.325 e. The van der Waals surface area contributed by atoms with Gasteiger partial charge in [0.15, 0.2) is 0 Å². The van der Waals surface area contributed by atoms with Crippen molar-refractivity contribution in [3.63, 3.8) is 0 Å². The molecular weight excluding hydrogens is 234 g/mol. The van der Waals surface area contributed by atoms with Gasteiger partial charge < -0.3 is 5.73 Å². The maximum absolute atomic E-state index is 5.70. The van der Waals surface area contributed by atoms with Gasteiger partial charge in [-0.2, -0.15) is 5.10 Å². The van der Waals surface area contributed by atoms with Gasteiger partial charge in [-0.1, -0.05) is 39.0 Å². The Labute approximate surface area is 115 Å². The van der Waals surface area contributed by atoms with E-state index in [1.807, 2.05) is 11.7 Å². The Morgan fingerprint density at radius 2 is 1.89 bits per heavy atom. The monoisotopic (exact) mass is 257 g/mol. The minimum atomic E-state index is 0.176. The third-order valence-corrected chi connectivity index (χ3v) is 3.55. The zero-order valence-corrected chi connectivity index (χ0v) is 12.5. The third kappa shape index (κ3) is 2.71. The van der Waals surface area contributed by atoms with Gasteiger partial charge in [-0.15, -0.1) is 0 Å². The van der Waals surface area contributed by atoms with Crippen LogP contribution in [0, 0.1) is 6.92 Å². The van der Waals surface area contributed by atoms with Gasteiger partial charge in [-0.05, 0) is 29.5 Å². The molecule has 0 saturated carbocycles. The van der Waals surface area contributed by atoms with Gasteiger partial charge in [0.1, 0.15) is 0 Å². The number of hydrogen-bond donors (Lipinski definition) is 1. The molecule has 0 atom stereocenters. The van der Waals surface area contributed by atoms with Crippen molar-refractivity contribution in [2.45, 2.75) is 39.7 Å². The lowest BCUT2D eigenvalue weighted by Gasteiger charge is -2.20. The number of nitrogens with two attached hydrogens (primary N) is 1. The van der Waals surface area contributed by atoms with E-state index in [0.29, 0.717) is 6.54 Å². The van der Waals surface area contributed by atoms with Crippen molar-refractivity contribution >= 4 is 0 Å². The molecule has 2 aromatic rings. The molecule has 0 aliphatic heterocycles. The molecule has 0 fully saturated rings. The van der Waals surface area contributed by atoms with Crippen LogP contribution >= 0.6 is 0 Å². The fourth-order valence-electron chi connectivity index (χ4n) is 2.25. The first kappa shape index (κ1) is 13.8. The van der Waals surface area contributed by atoms with E-state index in [1.165, 1.54) is 16.7 Å². The predicted molar refractivity (Wildman–Crippen MR) is 80.0 cm³/mol. The first-order valence-electron chi connectivity index (χ1n) is 6.67. The Bertz CT molecular complexity index is 589. The average molecular weight is 257 g/mol. The van der Waals surface area contributed by atoms with Gasteiger partial charge in [-0.3, -0.25) is 4.68 Å². The van der Waals surface area contributed by atoms with Crippen LogP contribution in [-0.2, 0) is 19.0 Å². The SMILES string of the molecule is Cc1cc(C(C)(C)C)ccc1-c1cc(CN)n(C)n1. The number of hydrogen-bond acceptors (Lipinski definition) is 2. The molecule has 0 radical (unpaired) electrons. The molecule has 1 aromatic heterocycles. The number of benzene rings is 1. The Balaban J connectivity index is 2.46. The summed E-state index contributed by atoms with van der Waals surface area (Å²) in [5.41, 5.74) is 11.7. The maximum atomic E-state index is 5.70. The van der Waals surface area contributed by atoms with E-state index < -0.39 is 0 Å². The van der Waals surface area contributed by atoms with Crippen LogP contribution < -0.4 is 5.73 Å². The lowest BCUT2D eigenvalue weighted by molar-refractivity contribution is 0.590. The molecular formula is C16H23N3. The summed E-state index contributed by atoms with van der Waals surface area (Å²) in [7, 11) is 1.94. The summed E-state index contributed by atoms with van der Waals surface area (Å²) in [6.07, 6.45) is 0. The summed E-state index contributed by atoms with van der Waals surface area (Å²) in [6, 6.07) is 8.68. The Hall–Kier alpha value is -1.61. The Kier molecular flexibility index (Phi) is 3.50. The summed E-state index contributed by atoms with van der Waals surface area (Å²) < 4.78 is 1.85. The van der Waals surface area contributed by atoms with Crippen molar-refractivity contribution in [1.29, 1.82) is 0 Å². The summed E-state index contributed by atoms with van der Waals surface area (Å²) in [6.45, 7) is 9.35. The zero-order valence-electron chi connectivity index (χ0n) is 12.5. The number of aryl methyl sites for hydroxylation is 2. The summed E-state index contributed by atoms with van der Waals surface area (Å²) in [4.78, 5) is 0. The quantitative estimate of drug-likeness (QED) is 0.898. The lowest BCUT2D eigenvalue weighted by Crippen LogP contribution is -2.11. The van der Waals surface area contributed by atoms with Crippen LogP contribution in [0.15, 0.2) is 24.3 Å². The predicted octanol–water partition coefficient (Wildman–Crippen LogP) is 3.15. The topological polar surface area (TPSA) is 43.8 Å². The van der Waals surface area contributed by atoms with E-state index in [1.54, 1.807) is 0 Å². The highest BCUT2D eigenvalue weighted by atomic mass is 15.3. The molecule has 0 aliphatic carbocycles. The Morgan fingerprint density at radius 3 is 2.37 bits per heavy atom. The minimum absolute atomic E-state index is 0.176. The second-order valence-corrected chi connectivity index (χ2v) is 6.13. The zero-order chi connectivity index (χ0) is 14.2.